The summed E-state index contributed by atoms with van der Waals surface area (Å²) in [5.41, 5.74) is 5.32. The number of rotatable bonds is 6. The quantitative estimate of drug-likeness (QED) is 0.387. The van der Waals surface area contributed by atoms with Crippen molar-refractivity contribution in [2.45, 2.75) is 19.9 Å². The Balaban J connectivity index is 1.62. The summed E-state index contributed by atoms with van der Waals surface area (Å²) >= 11 is 7.50. The minimum absolute atomic E-state index is 0.0709. The summed E-state index contributed by atoms with van der Waals surface area (Å²) in [6.45, 7) is 2.64. The molecule has 0 aliphatic heterocycles. The molecule has 2 aromatic heterocycles. The Labute approximate surface area is 179 Å². The van der Waals surface area contributed by atoms with Crippen LogP contribution < -0.4 is 5.32 Å². The van der Waals surface area contributed by atoms with Crippen LogP contribution in [0.2, 0.25) is 5.02 Å². The van der Waals surface area contributed by atoms with E-state index in [2.05, 4.69) is 36.5 Å². The van der Waals surface area contributed by atoms with Gasteiger partial charge in [0.15, 0.2) is 0 Å². The van der Waals surface area contributed by atoms with Crippen LogP contribution >= 0.6 is 22.9 Å². The first-order chi connectivity index (χ1) is 14.2. The van der Waals surface area contributed by atoms with E-state index in [1.807, 2.05) is 58.7 Å². The SMILES string of the molecule is CCc1ccc(CNC(=O)c2scc(-c3ccc(Cl)cc3)c2-n2cccc2)cc1. The maximum atomic E-state index is 13.0. The van der Waals surface area contributed by atoms with E-state index >= 15 is 0 Å². The number of carbonyl (C=O) groups is 1. The van der Waals surface area contributed by atoms with Crippen LogP contribution in [0, 0.1) is 0 Å². The molecule has 29 heavy (non-hydrogen) atoms. The van der Waals surface area contributed by atoms with Gasteiger partial charge in [-0.2, -0.15) is 0 Å². The van der Waals surface area contributed by atoms with Crippen LogP contribution in [0.5, 0.6) is 0 Å². The lowest BCUT2D eigenvalue weighted by molar-refractivity contribution is 0.0955. The van der Waals surface area contributed by atoms with Gasteiger partial charge >= 0.3 is 0 Å². The van der Waals surface area contributed by atoms with Gasteiger partial charge in [0.25, 0.3) is 5.91 Å². The zero-order valence-corrected chi connectivity index (χ0v) is 17.6. The van der Waals surface area contributed by atoms with Crippen molar-refractivity contribution in [1.29, 1.82) is 0 Å². The van der Waals surface area contributed by atoms with Crippen molar-refractivity contribution < 1.29 is 4.79 Å². The lowest BCUT2D eigenvalue weighted by atomic mass is 10.1. The molecule has 0 aliphatic rings. The van der Waals surface area contributed by atoms with Crippen molar-refractivity contribution in [2.75, 3.05) is 0 Å². The van der Waals surface area contributed by atoms with E-state index in [4.69, 9.17) is 11.6 Å². The van der Waals surface area contributed by atoms with Gasteiger partial charge in [-0.3, -0.25) is 4.79 Å². The molecule has 5 heteroatoms. The molecule has 0 aliphatic carbocycles. The van der Waals surface area contributed by atoms with Crippen LogP contribution in [-0.2, 0) is 13.0 Å². The zero-order valence-electron chi connectivity index (χ0n) is 16.1. The molecular formula is C24H21ClN2OS. The molecule has 2 heterocycles. The number of thiophene rings is 1. The van der Waals surface area contributed by atoms with Crippen LogP contribution in [0.15, 0.2) is 78.4 Å². The smallest absolute Gasteiger partial charge is 0.263 e. The van der Waals surface area contributed by atoms with E-state index in [0.717, 1.165) is 28.8 Å². The van der Waals surface area contributed by atoms with Gasteiger partial charge in [-0.05, 0) is 47.4 Å². The first-order valence-corrected chi connectivity index (χ1v) is 10.8. The number of carbonyl (C=O) groups excluding carboxylic acids is 1. The van der Waals surface area contributed by atoms with Crippen molar-refractivity contribution >= 4 is 28.8 Å². The fourth-order valence-electron chi connectivity index (χ4n) is 3.24. The third-order valence-corrected chi connectivity index (χ3v) is 6.09. The standard InChI is InChI=1S/C24H21ClN2OS/c1-2-17-5-7-18(8-6-17)15-26-24(28)23-22(27-13-3-4-14-27)21(16-29-23)19-9-11-20(25)12-10-19/h3-14,16H,2,15H2,1H3,(H,26,28). The Hall–Kier alpha value is -2.82. The second-order valence-electron chi connectivity index (χ2n) is 6.78. The fourth-order valence-corrected chi connectivity index (χ4v) is 4.36. The number of benzene rings is 2. The molecule has 4 rings (SSSR count). The molecule has 0 bridgehead atoms. The minimum atomic E-state index is -0.0709. The van der Waals surface area contributed by atoms with Crippen LogP contribution in [0.1, 0.15) is 27.7 Å². The largest absolute Gasteiger partial charge is 0.347 e. The topological polar surface area (TPSA) is 34.0 Å². The maximum absolute atomic E-state index is 13.0. The highest BCUT2D eigenvalue weighted by Gasteiger charge is 2.20. The molecule has 146 valence electrons. The average Bonchev–Trinajstić information content (AvgIpc) is 3.42. The summed E-state index contributed by atoms with van der Waals surface area (Å²) in [6, 6.07) is 20.0. The molecule has 0 fully saturated rings. The predicted octanol–water partition coefficient (Wildman–Crippen LogP) is 6.35. The highest BCUT2D eigenvalue weighted by atomic mass is 35.5. The van der Waals surface area contributed by atoms with E-state index in [1.54, 1.807) is 0 Å². The first kappa shape index (κ1) is 19.5. The number of hydrogen-bond donors (Lipinski definition) is 1. The van der Waals surface area contributed by atoms with Crippen molar-refractivity contribution in [3.63, 3.8) is 0 Å². The summed E-state index contributed by atoms with van der Waals surface area (Å²) in [7, 11) is 0. The van der Waals surface area contributed by atoms with E-state index < -0.39 is 0 Å². The minimum Gasteiger partial charge on any atom is -0.347 e. The molecule has 0 atom stereocenters. The van der Waals surface area contributed by atoms with Gasteiger partial charge in [0, 0.05) is 34.9 Å². The second kappa shape index (κ2) is 8.68. The third-order valence-electron chi connectivity index (χ3n) is 4.87. The summed E-state index contributed by atoms with van der Waals surface area (Å²) in [6.07, 6.45) is 4.93. The summed E-state index contributed by atoms with van der Waals surface area (Å²) in [5, 5.41) is 5.79. The molecule has 2 aromatic carbocycles. The lowest BCUT2D eigenvalue weighted by Crippen LogP contribution is -2.23. The molecule has 1 N–H and O–H groups in total. The Morgan fingerprint density at radius 3 is 2.31 bits per heavy atom. The summed E-state index contributed by atoms with van der Waals surface area (Å²) < 4.78 is 1.99. The molecular weight excluding hydrogens is 400 g/mol. The maximum Gasteiger partial charge on any atom is 0.263 e. The van der Waals surface area contributed by atoms with E-state index in [-0.39, 0.29) is 5.91 Å². The van der Waals surface area contributed by atoms with Crippen molar-refractivity contribution in [2.24, 2.45) is 0 Å². The molecule has 3 nitrogen and oxygen atoms in total. The molecule has 0 spiro atoms. The molecule has 0 radical (unpaired) electrons. The molecule has 1 amide bonds. The molecule has 0 saturated carbocycles. The van der Waals surface area contributed by atoms with Crippen molar-refractivity contribution in [3.05, 3.63) is 99.5 Å². The second-order valence-corrected chi connectivity index (χ2v) is 8.09. The van der Waals surface area contributed by atoms with Crippen molar-refractivity contribution in [1.82, 2.24) is 9.88 Å². The zero-order chi connectivity index (χ0) is 20.2. The Morgan fingerprint density at radius 2 is 1.66 bits per heavy atom. The van der Waals surface area contributed by atoms with Gasteiger partial charge in [0.05, 0.1) is 5.69 Å². The van der Waals surface area contributed by atoms with Crippen molar-refractivity contribution in [3.8, 4) is 16.8 Å². The normalized spacial score (nSPS) is 10.8. The number of halogens is 1. The molecule has 0 saturated heterocycles. The first-order valence-electron chi connectivity index (χ1n) is 9.52. The van der Waals surface area contributed by atoms with Gasteiger partial charge in [-0.25, -0.2) is 0 Å². The monoisotopic (exact) mass is 420 g/mol. The highest BCUT2D eigenvalue weighted by Crippen LogP contribution is 2.35. The number of nitrogens with one attached hydrogen (secondary N) is 1. The summed E-state index contributed by atoms with van der Waals surface area (Å²) in [5.74, 6) is -0.0709. The van der Waals surface area contributed by atoms with Gasteiger partial charge in [0.2, 0.25) is 0 Å². The Bertz CT molecular complexity index is 1100. The van der Waals surface area contributed by atoms with E-state index in [0.29, 0.717) is 16.4 Å². The Kier molecular flexibility index (Phi) is 5.84. The molecule has 4 aromatic rings. The predicted molar refractivity (Wildman–Crippen MR) is 121 cm³/mol. The van der Waals surface area contributed by atoms with Gasteiger partial charge in [-0.15, -0.1) is 11.3 Å². The lowest BCUT2D eigenvalue weighted by Gasteiger charge is -2.10. The van der Waals surface area contributed by atoms with Crippen LogP contribution in [0.4, 0.5) is 0 Å². The van der Waals surface area contributed by atoms with Gasteiger partial charge in [-0.1, -0.05) is 54.9 Å². The number of amides is 1. The highest BCUT2D eigenvalue weighted by molar-refractivity contribution is 7.13. The summed E-state index contributed by atoms with van der Waals surface area (Å²) in [4.78, 5) is 13.7. The van der Waals surface area contributed by atoms with E-state index in [9.17, 15) is 4.79 Å². The average molecular weight is 421 g/mol. The number of aryl methyl sites for hydroxylation is 1. The van der Waals surface area contributed by atoms with Crippen LogP contribution in [0.25, 0.3) is 16.8 Å². The number of nitrogens with zero attached hydrogens (tertiary/aromatic N) is 1. The van der Waals surface area contributed by atoms with E-state index in [1.165, 1.54) is 16.9 Å². The van der Waals surface area contributed by atoms with Gasteiger partial charge < -0.3 is 9.88 Å². The fraction of sp³-hybridized carbons (Fsp3) is 0.125. The number of aromatic nitrogens is 1. The van der Waals surface area contributed by atoms with Crippen LogP contribution in [-0.4, -0.2) is 10.5 Å². The third kappa shape index (κ3) is 4.29. The molecule has 0 unspecified atom stereocenters. The van der Waals surface area contributed by atoms with Gasteiger partial charge in [0.1, 0.15) is 4.88 Å². The van der Waals surface area contributed by atoms with Crippen LogP contribution in [0.3, 0.4) is 0 Å². The Morgan fingerprint density at radius 1 is 1.00 bits per heavy atom. The number of hydrogen-bond acceptors (Lipinski definition) is 2.